The number of aryl methyl sites for hydroxylation is 1. The first-order chi connectivity index (χ1) is 16.6. The van der Waals surface area contributed by atoms with Crippen molar-refractivity contribution in [3.05, 3.63) is 59.5 Å². The average Bonchev–Trinajstić information content (AvgIpc) is 3.22. The van der Waals surface area contributed by atoms with Crippen molar-refractivity contribution in [3.8, 4) is 0 Å². The molecule has 1 aromatic carbocycles. The molecule has 0 bridgehead atoms. The molecule has 2 fully saturated rings. The highest BCUT2D eigenvalue weighted by Crippen LogP contribution is 2.28. The Kier molecular flexibility index (Phi) is 8.77. The number of nitrogens with zero attached hydrogens (tertiary/aromatic N) is 3. The number of hydrogen-bond acceptors (Lipinski definition) is 5. The predicted molar refractivity (Wildman–Crippen MR) is 130 cm³/mol. The van der Waals surface area contributed by atoms with Crippen LogP contribution in [0, 0.1) is 12.8 Å². The van der Waals surface area contributed by atoms with Crippen LogP contribution in [0.5, 0.6) is 0 Å². The van der Waals surface area contributed by atoms with E-state index in [-0.39, 0.29) is 24.3 Å². The molecule has 34 heavy (non-hydrogen) atoms. The van der Waals surface area contributed by atoms with Crippen molar-refractivity contribution in [2.45, 2.75) is 45.7 Å². The van der Waals surface area contributed by atoms with Crippen LogP contribution in [-0.4, -0.2) is 72.5 Å². The second kappa shape index (κ2) is 12.2. The van der Waals surface area contributed by atoms with Gasteiger partial charge in [0.05, 0.1) is 26.3 Å². The summed E-state index contributed by atoms with van der Waals surface area (Å²) in [6, 6.07) is 13.8. The van der Waals surface area contributed by atoms with E-state index in [2.05, 4.69) is 4.90 Å². The molecule has 2 aromatic rings. The largest absolute Gasteiger partial charge is 0.464 e. The van der Waals surface area contributed by atoms with Crippen molar-refractivity contribution in [2.75, 3.05) is 45.9 Å². The van der Waals surface area contributed by atoms with Crippen LogP contribution in [0.2, 0.25) is 0 Å². The van der Waals surface area contributed by atoms with Crippen LogP contribution in [-0.2, 0) is 27.4 Å². The zero-order valence-electron chi connectivity index (χ0n) is 20.3. The number of morpholine rings is 1. The van der Waals surface area contributed by atoms with Gasteiger partial charge in [0.15, 0.2) is 0 Å². The van der Waals surface area contributed by atoms with Crippen molar-refractivity contribution in [3.63, 3.8) is 0 Å². The summed E-state index contributed by atoms with van der Waals surface area (Å²) in [5.41, 5.74) is 1.06. The van der Waals surface area contributed by atoms with Gasteiger partial charge in [-0.05, 0) is 43.9 Å². The van der Waals surface area contributed by atoms with Gasteiger partial charge in [-0.15, -0.1) is 0 Å². The lowest BCUT2D eigenvalue weighted by Crippen LogP contribution is -2.47. The van der Waals surface area contributed by atoms with Gasteiger partial charge in [0.25, 0.3) is 0 Å². The maximum atomic E-state index is 13.5. The Morgan fingerprint density at radius 3 is 2.41 bits per heavy atom. The van der Waals surface area contributed by atoms with E-state index < -0.39 is 0 Å². The Balaban J connectivity index is 1.42. The van der Waals surface area contributed by atoms with Gasteiger partial charge in [0, 0.05) is 38.6 Å². The Morgan fingerprint density at radius 1 is 1.00 bits per heavy atom. The van der Waals surface area contributed by atoms with Crippen molar-refractivity contribution in [1.29, 1.82) is 0 Å². The zero-order valence-corrected chi connectivity index (χ0v) is 20.3. The van der Waals surface area contributed by atoms with E-state index >= 15 is 0 Å². The van der Waals surface area contributed by atoms with Crippen molar-refractivity contribution in [2.24, 2.45) is 5.92 Å². The molecule has 4 rings (SSSR count). The fraction of sp³-hybridized carbons (Fsp3) is 0.556. The van der Waals surface area contributed by atoms with E-state index in [1.54, 1.807) is 9.80 Å². The molecule has 7 nitrogen and oxygen atoms in total. The minimum absolute atomic E-state index is 0.0445. The molecule has 7 heteroatoms. The minimum Gasteiger partial charge on any atom is -0.464 e. The molecule has 1 saturated carbocycles. The maximum absolute atomic E-state index is 13.5. The summed E-state index contributed by atoms with van der Waals surface area (Å²) >= 11 is 0. The highest BCUT2D eigenvalue weighted by atomic mass is 16.5. The van der Waals surface area contributed by atoms with Gasteiger partial charge < -0.3 is 19.0 Å². The molecule has 0 spiro atoms. The summed E-state index contributed by atoms with van der Waals surface area (Å²) in [5.74, 6) is 1.75. The normalized spacial score (nSPS) is 16.7. The third-order valence-corrected chi connectivity index (χ3v) is 6.81. The molecule has 1 aromatic heterocycles. The van der Waals surface area contributed by atoms with Gasteiger partial charge in [-0.2, -0.15) is 0 Å². The lowest BCUT2D eigenvalue weighted by atomic mass is 9.84. The average molecular weight is 468 g/mol. The van der Waals surface area contributed by atoms with Crippen LogP contribution < -0.4 is 0 Å². The van der Waals surface area contributed by atoms with E-state index in [0.29, 0.717) is 19.6 Å². The molecule has 1 aliphatic heterocycles. The Hall–Kier alpha value is -2.64. The number of amides is 2. The smallest absolute Gasteiger partial charge is 0.242 e. The Bertz CT molecular complexity index is 919. The molecule has 0 unspecified atom stereocenters. The topological polar surface area (TPSA) is 66.2 Å². The van der Waals surface area contributed by atoms with E-state index in [1.165, 1.54) is 0 Å². The standard InChI is InChI=1S/C27H37N3O4/c1-22-11-12-25(34-22)20-30(19-23-7-3-2-4-8-23)26(31)21-29(27(32)24-9-5-10-24)14-6-13-28-15-17-33-18-16-28/h2-4,7-8,11-12,24H,5-6,9-10,13-21H2,1H3. The molecule has 1 aliphatic carbocycles. The molecule has 0 atom stereocenters. The molecular formula is C27H37N3O4. The first-order valence-electron chi connectivity index (χ1n) is 12.5. The zero-order chi connectivity index (χ0) is 23.8. The van der Waals surface area contributed by atoms with Crippen molar-refractivity contribution in [1.82, 2.24) is 14.7 Å². The van der Waals surface area contributed by atoms with E-state index in [4.69, 9.17) is 9.15 Å². The van der Waals surface area contributed by atoms with Gasteiger partial charge in [-0.3, -0.25) is 14.5 Å². The maximum Gasteiger partial charge on any atom is 0.242 e. The first kappa shape index (κ1) is 24.5. The van der Waals surface area contributed by atoms with Gasteiger partial charge >= 0.3 is 0 Å². The highest BCUT2D eigenvalue weighted by Gasteiger charge is 2.31. The fourth-order valence-electron chi connectivity index (χ4n) is 4.55. The van der Waals surface area contributed by atoms with E-state index in [9.17, 15) is 9.59 Å². The molecule has 1 saturated heterocycles. The van der Waals surface area contributed by atoms with E-state index in [0.717, 1.165) is 75.6 Å². The predicted octanol–water partition coefficient (Wildman–Crippen LogP) is 3.47. The van der Waals surface area contributed by atoms with Crippen molar-refractivity contribution < 1.29 is 18.7 Å². The lowest BCUT2D eigenvalue weighted by molar-refractivity contribution is -0.145. The third kappa shape index (κ3) is 6.93. The summed E-state index contributed by atoms with van der Waals surface area (Å²) in [7, 11) is 0. The molecule has 2 heterocycles. The summed E-state index contributed by atoms with van der Waals surface area (Å²) in [5, 5.41) is 0. The van der Waals surface area contributed by atoms with Gasteiger partial charge in [0.2, 0.25) is 11.8 Å². The lowest BCUT2D eigenvalue weighted by Gasteiger charge is -2.34. The van der Waals surface area contributed by atoms with Gasteiger partial charge in [-0.25, -0.2) is 0 Å². The number of ether oxygens (including phenoxy) is 1. The number of hydrogen-bond donors (Lipinski definition) is 0. The van der Waals surface area contributed by atoms with Crippen LogP contribution in [0.25, 0.3) is 0 Å². The molecule has 184 valence electrons. The minimum atomic E-state index is -0.0445. The van der Waals surface area contributed by atoms with Gasteiger partial charge in [0.1, 0.15) is 11.5 Å². The first-order valence-corrected chi connectivity index (χ1v) is 12.5. The summed E-state index contributed by atoms with van der Waals surface area (Å²) < 4.78 is 11.2. The number of benzene rings is 1. The Labute approximate surface area is 202 Å². The Morgan fingerprint density at radius 2 is 1.76 bits per heavy atom. The van der Waals surface area contributed by atoms with Crippen LogP contribution in [0.3, 0.4) is 0 Å². The van der Waals surface area contributed by atoms with E-state index in [1.807, 2.05) is 49.4 Å². The second-order valence-corrected chi connectivity index (χ2v) is 9.44. The SMILES string of the molecule is Cc1ccc(CN(Cc2ccccc2)C(=O)CN(CCCN2CCOCC2)C(=O)C2CCC2)o1. The molecule has 0 radical (unpaired) electrons. The fourth-order valence-corrected chi connectivity index (χ4v) is 4.55. The third-order valence-electron chi connectivity index (χ3n) is 6.81. The highest BCUT2D eigenvalue weighted by molar-refractivity contribution is 5.86. The number of carbonyl (C=O) groups excluding carboxylic acids is 2. The number of carbonyl (C=O) groups is 2. The van der Waals surface area contributed by atoms with Crippen LogP contribution in [0.15, 0.2) is 46.9 Å². The number of rotatable bonds is 11. The molecule has 0 N–H and O–H groups in total. The summed E-state index contributed by atoms with van der Waals surface area (Å²) in [6.07, 6.45) is 3.84. The molecule has 2 amide bonds. The summed E-state index contributed by atoms with van der Waals surface area (Å²) in [6.45, 7) is 7.83. The van der Waals surface area contributed by atoms with Crippen LogP contribution in [0.1, 0.15) is 42.8 Å². The monoisotopic (exact) mass is 467 g/mol. The second-order valence-electron chi connectivity index (χ2n) is 9.44. The number of furan rings is 1. The van der Waals surface area contributed by atoms with Crippen LogP contribution >= 0.6 is 0 Å². The van der Waals surface area contributed by atoms with Crippen LogP contribution in [0.4, 0.5) is 0 Å². The molecular weight excluding hydrogens is 430 g/mol. The molecule has 2 aliphatic rings. The van der Waals surface area contributed by atoms with Crippen molar-refractivity contribution >= 4 is 11.8 Å². The quantitative estimate of drug-likeness (QED) is 0.506. The van der Waals surface area contributed by atoms with Gasteiger partial charge in [-0.1, -0.05) is 36.8 Å². The summed E-state index contributed by atoms with van der Waals surface area (Å²) in [4.78, 5) is 32.7.